The van der Waals surface area contributed by atoms with Crippen molar-refractivity contribution < 1.29 is 13.9 Å². The Balaban J connectivity index is 1.19. The van der Waals surface area contributed by atoms with Crippen LogP contribution in [-0.2, 0) is 16.0 Å². The first kappa shape index (κ1) is 22.1. The SMILES string of the molecule is Cc1c([C@@H]2CN3CCN(C(=O)Cc4ccc(-n5cnnn5)nc4)CC3CO2)ccc(F)c1C#N. The number of aromatic nitrogens is 5. The van der Waals surface area contributed by atoms with Crippen LogP contribution in [0.3, 0.4) is 0 Å². The largest absolute Gasteiger partial charge is 0.370 e. The van der Waals surface area contributed by atoms with Gasteiger partial charge in [-0.3, -0.25) is 9.69 Å². The lowest BCUT2D eigenvalue weighted by atomic mass is 9.96. The molecule has 34 heavy (non-hydrogen) atoms. The number of halogens is 1. The Morgan fingerprint density at radius 3 is 2.88 bits per heavy atom. The molecule has 5 rings (SSSR count). The predicted molar refractivity (Wildman–Crippen MR) is 117 cm³/mol. The van der Waals surface area contributed by atoms with Crippen LogP contribution in [-0.4, -0.2) is 79.7 Å². The van der Waals surface area contributed by atoms with Crippen molar-refractivity contribution >= 4 is 5.91 Å². The number of hydrogen-bond acceptors (Lipinski definition) is 8. The number of nitrogens with zero attached hydrogens (tertiary/aromatic N) is 8. The van der Waals surface area contributed by atoms with Crippen molar-refractivity contribution in [1.29, 1.82) is 5.26 Å². The highest BCUT2D eigenvalue weighted by atomic mass is 19.1. The van der Waals surface area contributed by atoms with Crippen LogP contribution in [0, 0.1) is 24.1 Å². The van der Waals surface area contributed by atoms with Crippen molar-refractivity contribution in [2.45, 2.75) is 25.5 Å². The minimum Gasteiger partial charge on any atom is -0.370 e. The zero-order valence-electron chi connectivity index (χ0n) is 18.6. The minimum atomic E-state index is -0.509. The number of tetrazole rings is 1. The van der Waals surface area contributed by atoms with Crippen LogP contribution < -0.4 is 0 Å². The third-order valence-electron chi connectivity index (χ3n) is 6.51. The van der Waals surface area contributed by atoms with Gasteiger partial charge in [-0.2, -0.15) is 9.94 Å². The summed E-state index contributed by atoms with van der Waals surface area (Å²) in [6, 6.07) is 8.71. The molecule has 2 saturated heterocycles. The fourth-order valence-electron chi connectivity index (χ4n) is 4.59. The number of pyridine rings is 1. The Labute approximate surface area is 195 Å². The summed E-state index contributed by atoms with van der Waals surface area (Å²) in [6.07, 6.45) is 3.17. The maximum absolute atomic E-state index is 13.9. The first-order valence-electron chi connectivity index (χ1n) is 11.0. The van der Waals surface area contributed by atoms with Crippen LogP contribution in [0.25, 0.3) is 5.82 Å². The number of carbonyl (C=O) groups excluding carboxylic acids is 1. The molecule has 2 aromatic heterocycles. The summed E-state index contributed by atoms with van der Waals surface area (Å²) in [4.78, 5) is 21.4. The third-order valence-corrected chi connectivity index (χ3v) is 6.51. The van der Waals surface area contributed by atoms with Gasteiger partial charge in [0.05, 0.1) is 30.7 Å². The van der Waals surface area contributed by atoms with Crippen molar-refractivity contribution in [3.63, 3.8) is 0 Å². The van der Waals surface area contributed by atoms with Crippen molar-refractivity contribution in [1.82, 2.24) is 35.0 Å². The van der Waals surface area contributed by atoms with E-state index in [2.05, 4.69) is 25.4 Å². The van der Waals surface area contributed by atoms with Gasteiger partial charge in [-0.15, -0.1) is 5.10 Å². The molecule has 0 bridgehead atoms. The average molecular weight is 462 g/mol. The summed E-state index contributed by atoms with van der Waals surface area (Å²) in [5.41, 5.74) is 2.36. The van der Waals surface area contributed by atoms with E-state index in [0.29, 0.717) is 37.6 Å². The Hall–Kier alpha value is -3.75. The number of rotatable bonds is 4. The molecule has 0 N–H and O–H groups in total. The third kappa shape index (κ3) is 4.25. The van der Waals surface area contributed by atoms with Gasteiger partial charge < -0.3 is 9.64 Å². The molecule has 0 spiro atoms. The lowest BCUT2D eigenvalue weighted by molar-refractivity contribution is -0.139. The van der Waals surface area contributed by atoms with E-state index in [-0.39, 0.29) is 30.0 Å². The van der Waals surface area contributed by atoms with Gasteiger partial charge >= 0.3 is 0 Å². The van der Waals surface area contributed by atoms with E-state index in [1.807, 2.05) is 17.0 Å². The van der Waals surface area contributed by atoms with Crippen molar-refractivity contribution in [3.8, 4) is 11.9 Å². The zero-order chi connectivity index (χ0) is 23.7. The Bertz CT molecular complexity index is 1230. The van der Waals surface area contributed by atoms with Gasteiger partial charge in [0.1, 0.15) is 18.2 Å². The first-order valence-corrected chi connectivity index (χ1v) is 11.0. The maximum atomic E-state index is 13.9. The molecule has 1 aromatic carbocycles. The highest BCUT2D eigenvalue weighted by Crippen LogP contribution is 2.31. The second-order valence-electron chi connectivity index (χ2n) is 8.51. The van der Waals surface area contributed by atoms with E-state index in [4.69, 9.17) is 4.74 Å². The van der Waals surface area contributed by atoms with E-state index in [9.17, 15) is 14.4 Å². The van der Waals surface area contributed by atoms with Gasteiger partial charge in [-0.1, -0.05) is 12.1 Å². The van der Waals surface area contributed by atoms with Gasteiger partial charge in [-0.25, -0.2) is 9.37 Å². The predicted octanol–water partition coefficient (Wildman–Crippen LogP) is 1.20. The lowest BCUT2D eigenvalue weighted by Crippen LogP contribution is -2.59. The highest BCUT2D eigenvalue weighted by molar-refractivity contribution is 5.79. The van der Waals surface area contributed by atoms with Crippen molar-refractivity contribution in [2.24, 2.45) is 0 Å². The van der Waals surface area contributed by atoms with Gasteiger partial charge in [0.25, 0.3) is 0 Å². The number of benzene rings is 1. The number of piperazine rings is 1. The molecule has 2 aliphatic heterocycles. The maximum Gasteiger partial charge on any atom is 0.227 e. The lowest BCUT2D eigenvalue weighted by Gasteiger charge is -2.46. The number of nitriles is 1. The van der Waals surface area contributed by atoms with Gasteiger partial charge in [-0.05, 0) is 46.2 Å². The van der Waals surface area contributed by atoms with Crippen molar-refractivity contribution in [3.05, 3.63) is 64.9 Å². The fraction of sp³-hybridized carbons (Fsp3) is 0.391. The molecule has 2 fully saturated rings. The van der Waals surface area contributed by atoms with E-state index in [1.54, 1.807) is 25.3 Å². The Kier molecular flexibility index (Phi) is 6.00. The number of hydrogen-bond donors (Lipinski definition) is 0. The van der Waals surface area contributed by atoms with Crippen LogP contribution in [0.1, 0.15) is 28.4 Å². The fourth-order valence-corrected chi connectivity index (χ4v) is 4.59. The van der Waals surface area contributed by atoms with E-state index >= 15 is 0 Å². The van der Waals surface area contributed by atoms with Crippen molar-refractivity contribution in [2.75, 3.05) is 32.8 Å². The molecule has 174 valence electrons. The van der Waals surface area contributed by atoms with E-state index < -0.39 is 5.82 Å². The normalized spacial score (nSPS) is 20.6. The molecule has 0 radical (unpaired) electrons. The van der Waals surface area contributed by atoms with Gasteiger partial charge in [0.15, 0.2) is 5.82 Å². The van der Waals surface area contributed by atoms with Crippen LogP contribution in [0.2, 0.25) is 0 Å². The second-order valence-corrected chi connectivity index (χ2v) is 8.51. The molecule has 3 aromatic rings. The molecule has 1 unspecified atom stereocenters. The standard InChI is InChI=1S/C23H23FN8O2/c1-15-18(3-4-20(24)19(15)9-25)21-12-30-6-7-31(11-17(30)13-34-21)23(33)8-16-2-5-22(26-10-16)32-14-27-28-29-32/h2-5,10,14,17,21H,6-8,11-13H2,1H3/t17?,21-/m0/s1. The molecule has 10 nitrogen and oxygen atoms in total. The zero-order valence-corrected chi connectivity index (χ0v) is 18.6. The summed E-state index contributed by atoms with van der Waals surface area (Å²) >= 11 is 0. The number of ether oxygens (including phenoxy) is 1. The van der Waals surface area contributed by atoms with Gasteiger partial charge in [0.2, 0.25) is 5.91 Å². The molecule has 4 heterocycles. The highest BCUT2D eigenvalue weighted by Gasteiger charge is 2.36. The van der Waals surface area contributed by atoms with E-state index in [1.165, 1.54) is 17.1 Å². The average Bonchev–Trinajstić information content (AvgIpc) is 3.39. The monoisotopic (exact) mass is 462 g/mol. The summed E-state index contributed by atoms with van der Waals surface area (Å²) < 4.78 is 21.5. The van der Waals surface area contributed by atoms with Crippen LogP contribution in [0.4, 0.5) is 4.39 Å². The van der Waals surface area contributed by atoms with Gasteiger partial charge in [0, 0.05) is 32.4 Å². The molecule has 2 aliphatic rings. The second kappa shape index (κ2) is 9.24. The first-order chi connectivity index (χ1) is 16.5. The summed E-state index contributed by atoms with van der Waals surface area (Å²) in [7, 11) is 0. The summed E-state index contributed by atoms with van der Waals surface area (Å²) in [5, 5.41) is 20.2. The molecule has 1 amide bonds. The molecular weight excluding hydrogens is 439 g/mol. The number of fused-ring (bicyclic) bond motifs is 1. The number of morpholine rings is 1. The molecule has 0 aliphatic carbocycles. The van der Waals surface area contributed by atoms with E-state index in [0.717, 1.165) is 17.7 Å². The van der Waals surface area contributed by atoms with Crippen LogP contribution in [0.5, 0.6) is 0 Å². The van der Waals surface area contributed by atoms with Crippen LogP contribution in [0.15, 0.2) is 36.8 Å². The quantitative estimate of drug-likeness (QED) is 0.569. The minimum absolute atomic E-state index is 0.0480. The van der Waals surface area contributed by atoms with Crippen LogP contribution >= 0.6 is 0 Å². The topological polar surface area (TPSA) is 113 Å². The number of amides is 1. The Morgan fingerprint density at radius 2 is 2.15 bits per heavy atom. The molecule has 2 atom stereocenters. The molecule has 11 heteroatoms. The summed E-state index contributed by atoms with van der Waals surface area (Å²) in [6.45, 7) is 4.82. The Morgan fingerprint density at radius 1 is 1.26 bits per heavy atom. The molecule has 0 saturated carbocycles. The summed E-state index contributed by atoms with van der Waals surface area (Å²) in [5.74, 6) is 0.124. The smallest absolute Gasteiger partial charge is 0.227 e. The number of carbonyl (C=O) groups is 1. The molecular formula is C23H23FN8O2.